The van der Waals surface area contributed by atoms with E-state index >= 15 is 0 Å². The van der Waals surface area contributed by atoms with Crippen LogP contribution in [0.25, 0.3) is 0 Å². The van der Waals surface area contributed by atoms with Gasteiger partial charge in [-0.1, -0.05) is 19.1 Å². The van der Waals surface area contributed by atoms with Crippen molar-refractivity contribution >= 4 is 5.78 Å². The molecule has 2 rings (SSSR count). The molecule has 5 nitrogen and oxygen atoms in total. The van der Waals surface area contributed by atoms with Gasteiger partial charge in [0.05, 0.1) is 6.54 Å². The van der Waals surface area contributed by atoms with Crippen molar-refractivity contribution < 1.29 is 4.79 Å². The van der Waals surface area contributed by atoms with Gasteiger partial charge in [0.2, 0.25) is 0 Å². The van der Waals surface area contributed by atoms with Gasteiger partial charge in [-0.25, -0.2) is 0 Å². The Morgan fingerprint density at radius 3 is 2.76 bits per heavy atom. The Kier molecular flexibility index (Phi) is 3.08. The molecule has 0 aromatic carbocycles. The molecule has 0 bridgehead atoms. The summed E-state index contributed by atoms with van der Waals surface area (Å²) in [4.78, 5) is 11.8. The highest BCUT2D eigenvalue weighted by Gasteiger charge is 2.11. The maximum absolute atomic E-state index is 11.8. The Balaban J connectivity index is 2.11. The van der Waals surface area contributed by atoms with Crippen LogP contribution in [0.4, 0.5) is 0 Å². The Morgan fingerprint density at radius 2 is 2.18 bits per heavy atom. The van der Waals surface area contributed by atoms with Gasteiger partial charge in [-0.15, -0.1) is 5.10 Å². The van der Waals surface area contributed by atoms with E-state index in [0.717, 1.165) is 11.3 Å². The number of ketones is 1. The molecule has 0 spiro atoms. The summed E-state index contributed by atoms with van der Waals surface area (Å²) in [5.41, 5.74) is 1.63. The van der Waals surface area contributed by atoms with Crippen molar-refractivity contribution in [2.75, 3.05) is 0 Å². The lowest BCUT2D eigenvalue weighted by atomic mass is 10.0. The molecule has 0 fully saturated rings. The average molecular weight is 232 g/mol. The molecule has 0 amide bonds. The quantitative estimate of drug-likeness (QED) is 0.751. The number of nitrogens with zero attached hydrogens (tertiary/aromatic N) is 4. The average Bonchev–Trinajstić information content (AvgIpc) is 2.87. The van der Waals surface area contributed by atoms with Gasteiger partial charge < -0.3 is 4.57 Å². The van der Waals surface area contributed by atoms with Crippen molar-refractivity contribution in [2.45, 2.75) is 20.4 Å². The molecule has 90 valence electrons. The lowest BCUT2D eigenvalue weighted by Gasteiger charge is -2.00. The van der Waals surface area contributed by atoms with Crippen molar-refractivity contribution in [3.05, 3.63) is 35.9 Å². The van der Waals surface area contributed by atoms with Gasteiger partial charge in [-0.3, -0.25) is 9.48 Å². The summed E-state index contributed by atoms with van der Waals surface area (Å²) in [5.74, 6) is 0.199. The summed E-state index contributed by atoms with van der Waals surface area (Å²) in [7, 11) is 1.83. The minimum absolute atomic E-state index is 0.0300. The van der Waals surface area contributed by atoms with Crippen LogP contribution < -0.4 is 0 Å². The number of Topliss-reactive ketones (excluding diaryl/α,β-unsaturated/α-hetero) is 1. The number of aryl methyl sites for hydroxylation is 1. The molecule has 2 heterocycles. The number of carbonyl (C=O) groups is 1. The van der Waals surface area contributed by atoms with E-state index in [2.05, 4.69) is 10.3 Å². The van der Waals surface area contributed by atoms with Gasteiger partial charge in [0.15, 0.2) is 5.78 Å². The van der Waals surface area contributed by atoms with Gasteiger partial charge in [-0.2, -0.15) is 0 Å². The van der Waals surface area contributed by atoms with E-state index in [1.165, 1.54) is 0 Å². The molecule has 0 unspecified atom stereocenters. The Hall–Kier alpha value is -1.91. The molecule has 2 aromatic rings. The Bertz CT molecular complexity index is 524. The van der Waals surface area contributed by atoms with Gasteiger partial charge in [0.25, 0.3) is 0 Å². The Morgan fingerprint density at radius 1 is 1.41 bits per heavy atom. The first kappa shape index (κ1) is 11.6. The van der Waals surface area contributed by atoms with Crippen molar-refractivity contribution in [1.82, 2.24) is 19.6 Å². The minimum atomic E-state index is 0.0300. The molecule has 0 atom stereocenters. The van der Waals surface area contributed by atoms with Crippen LogP contribution >= 0.6 is 0 Å². The lowest BCUT2D eigenvalue weighted by molar-refractivity contribution is 0.0939. The zero-order chi connectivity index (χ0) is 12.4. The summed E-state index contributed by atoms with van der Waals surface area (Å²) < 4.78 is 3.61. The topological polar surface area (TPSA) is 52.7 Å². The molecular formula is C12H16N4O. The number of rotatable bonds is 4. The highest BCUT2D eigenvalue weighted by atomic mass is 16.1. The smallest absolute Gasteiger partial charge is 0.166 e. The van der Waals surface area contributed by atoms with Gasteiger partial charge in [0, 0.05) is 37.1 Å². The van der Waals surface area contributed by atoms with Crippen LogP contribution in [-0.4, -0.2) is 25.3 Å². The molecule has 2 aromatic heterocycles. The zero-order valence-electron chi connectivity index (χ0n) is 10.3. The second-order valence-electron chi connectivity index (χ2n) is 4.48. The standard InChI is InChI=1S/C12H16N4O/c1-9(2)12(17)10-4-5-16(6-10)8-11-7-15(3)14-13-11/h4-7,9H,8H2,1-3H3. The summed E-state index contributed by atoms with van der Waals surface area (Å²) >= 11 is 0. The molecule has 5 heteroatoms. The van der Waals surface area contributed by atoms with Gasteiger partial charge >= 0.3 is 0 Å². The minimum Gasteiger partial charge on any atom is -0.347 e. The first-order valence-corrected chi connectivity index (χ1v) is 5.61. The monoisotopic (exact) mass is 232 g/mol. The van der Waals surface area contributed by atoms with Gasteiger partial charge in [-0.05, 0) is 6.07 Å². The lowest BCUT2D eigenvalue weighted by Crippen LogP contribution is -2.06. The van der Waals surface area contributed by atoms with E-state index in [0.29, 0.717) is 6.54 Å². The second kappa shape index (κ2) is 4.53. The van der Waals surface area contributed by atoms with Gasteiger partial charge in [0.1, 0.15) is 5.69 Å². The summed E-state index contributed by atoms with van der Waals surface area (Å²) in [6.45, 7) is 4.45. The molecule has 0 radical (unpaired) electrons. The van der Waals surface area contributed by atoms with E-state index < -0.39 is 0 Å². The number of hydrogen-bond donors (Lipinski definition) is 0. The number of aromatic nitrogens is 4. The number of carbonyl (C=O) groups excluding carboxylic acids is 1. The van der Waals surface area contributed by atoms with Crippen molar-refractivity contribution in [2.24, 2.45) is 13.0 Å². The molecule has 0 aliphatic heterocycles. The highest BCUT2D eigenvalue weighted by Crippen LogP contribution is 2.10. The summed E-state index contributed by atoms with van der Waals surface area (Å²) in [5, 5.41) is 7.88. The largest absolute Gasteiger partial charge is 0.347 e. The second-order valence-corrected chi connectivity index (χ2v) is 4.48. The van der Waals surface area contributed by atoms with Crippen LogP contribution in [0.1, 0.15) is 29.9 Å². The van der Waals surface area contributed by atoms with Crippen LogP contribution in [-0.2, 0) is 13.6 Å². The predicted octanol–water partition coefficient (Wildman–Crippen LogP) is 1.50. The van der Waals surface area contributed by atoms with E-state index in [1.807, 2.05) is 50.1 Å². The van der Waals surface area contributed by atoms with Crippen molar-refractivity contribution in [1.29, 1.82) is 0 Å². The SMILES string of the molecule is CC(C)C(=O)c1ccn(Cc2cn(C)nn2)c1. The van der Waals surface area contributed by atoms with Crippen molar-refractivity contribution in [3.8, 4) is 0 Å². The third-order valence-corrected chi connectivity index (χ3v) is 2.55. The third kappa shape index (κ3) is 2.61. The van der Waals surface area contributed by atoms with Crippen LogP contribution in [0, 0.1) is 5.92 Å². The fraction of sp³-hybridized carbons (Fsp3) is 0.417. The zero-order valence-corrected chi connectivity index (χ0v) is 10.3. The van der Waals surface area contributed by atoms with Crippen LogP contribution in [0.2, 0.25) is 0 Å². The predicted molar refractivity (Wildman–Crippen MR) is 63.7 cm³/mol. The van der Waals surface area contributed by atoms with Crippen LogP contribution in [0.3, 0.4) is 0 Å². The molecule has 0 aliphatic rings. The highest BCUT2D eigenvalue weighted by molar-refractivity contribution is 5.97. The maximum atomic E-state index is 11.8. The van der Waals surface area contributed by atoms with E-state index in [9.17, 15) is 4.79 Å². The first-order chi connectivity index (χ1) is 8.06. The maximum Gasteiger partial charge on any atom is 0.166 e. The molecule has 0 N–H and O–H groups in total. The van der Waals surface area contributed by atoms with Crippen LogP contribution in [0.5, 0.6) is 0 Å². The summed E-state index contributed by atoms with van der Waals surface area (Å²) in [6.07, 6.45) is 5.62. The molecule has 0 saturated heterocycles. The van der Waals surface area contributed by atoms with E-state index in [1.54, 1.807) is 4.68 Å². The molecular weight excluding hydrogens is 216 g/mol. The first-order valence-electron chi connectivity index (χ1n) is 5.61. The number of hydrogen-bond acceptors (Lipinski definition) is 3. The molecule has 0 aliphatic carbocycles. The van der Waals surface area contributed by atoms with Crippen LogP contribution in [0.15, 0.2) is 24.7 Å². The summed E-state index contributed by atoms with van der Waals surface area (Å²) in [6, 6.07) is 1.85. The molecule has 0 saturated carbocycles. The normalized spacial score (nSPS) is 11.1. The van der Waals surface area contributed by atoms with E-state index in [-0.39, 0.29) is 11.7 Å². The van der Waals surface area contributed by atoms with Crippen molar-refractivity contribution in [3.63, 3.8) is 0 Å². The molecule has 17 heavy (non-hydrogen) atoms. The van der Waals surface area contributed by atoms with E-state index in [4.69, 9.17) is 0 Å². The fourth-order valence-electron chi connectivity index (χ4n) is 1.67. The fourth-order valence-corrected chi connectivity index (χ4v) is 1.67. The Labute approximate surface area is 100 Å². The third-order valence-electron chi connectivity index (χ3n) is 2.55.